The molecule has 2 heterocycles. The van der Waals surface area contributed by atoms with Crippen LogP contribution in [-0.4, -0.2) is 46.9 Å². The summed E-state index contributed by atoms with van der Waals surface area (Å²) in [5.41, 5.74) is 3.14. The zero-order chi connectivity index (χ0) is 17.1. The van der Waals surface area contributed by atoms with E-state index in [1.54, 1.807) is 11.3 Å². The van der Waals surface area contributed by atoms with Gasteiger partial charge in [0.15, 0.2) is 0 Å². The second-order valence-corrected chi connectivity index (χ2v) is 8.36. The van der Waals surface area contributed by atoms with Crippen molar-refractivity contribution in [1.82, 2.24) is 14.8 Å². The minimum atomic E-state index is 0.162. The van der Waals surface area contributed by atoms with E-state index in [4.69, 9.17) is 0 Å². The first-order chi connectivity index (χ1) is 11.5. The summed E-state index contributed by atoms with van der Waals surface area (Å²) in [5.74, 6) is 0.162. The van der Waals surface area contributed by atoms with Crippen molar-refractivity contribution in [3.63, 3.8) is 0 Å². The van der Waals surface area contributed by atoms with E-state index in [1.165, 1.54) is 0 Å². The summed E-state index contributed by atoms with van der Waals surface area (Å²) in [4.78, 5) is 21.8. The van der Waals surface area contributed by atoms with Crippen molar-refractivity contribution in [1.29, 1.82) is 0 Å². The van der Waals surface area contributed by atoms with Crippen LogP contribution in [0.5, 0.6) is 0 Å². The first kappa shape index (κ1) is 17.8. The number of benzene rings is 1. The highest BCUT2D eigenvalue weighted by molar-refractivity contribution is 14.1. The molecule has 6 heteroatoms. The van der Waals surface area contributed by atoms with Crippen molar-refractivity contribution in [3.05, 3.63) is 49.0 Å². The molecule has 0 radical (unpaired) electrons. The molecule has 0 spiro atoms. The number of hydrogen-bond donors (Lipinski definition) is 0. The topological polar surface area (TPSA) is 36.4 Å². The van der Waals surface area contributed by atoms with Gasteiger partial charge in [-0.05, 0) is 54.5 Å². The SMILES string of the molecule is Cc1nc(CN2CCCN(C(=O)c3cccc(C)c3I)CC2)cs1. The van der Waals surface area contributed by atoms with Crippen LogP contribution in [0.4, 0.5) is 0 Å². The highest BCUT2D eigenvalue weighted by atomic mass is 127. The normalized spacial score (nSPS) is 16.2. The molecule has 0 N–H and O–H groups in total. The molecule has 0 saturated carbocycles. The molecule has 0 atom stereocenters. The summed E-state index contributed by atoms with van der Waals surface area (Å²) in [7, 11) is 0. The highest BCUT2D eigenvalue weighted by Crippen LogP contribution is 2.20. The molecule has 1 aliphatic rings. The van der Waals surface area contributed by atoms with E-state index >= 15 is 0 Å². The van der Waals surface area contributed by atoms with E-state index in [-0.39, 0.29) is 5.91 Å². The van der Waals surface area contributed by atoms with Gasteiger partial charge in [0.1, 0.15) is 0 Å². The van der Waals surface area contributed by atoms with Gasteiger partial charge in [-0.2, -0.15) is 0 Å². The van der Waals surface area contributed by atoms with Gasteiger partial charge in [0, 0.05) is 41.7 Å². The maximum atomic E-state index is 12.9. The summed E-state index contributed by atoms with van der Waals surface area (Å²) in [6.45, 7) is 8.52. The Kier molecular flexibility index (Phi) is 5.89. The lowest BCUT2D eigenvalue weighted by molar-refractivity contribution is 0.0760. The minimum absolute atomic E-state index is 0.162. The van der Waals surface area contributed by atoms with Crippen molar-refractivity contribution in [2.75, 3.05) is 26.2 Å². The monoisotopic (exact) mass is 455 g/mol. The second kappa shape index (κ2) is 7.93. The average Bonchev–Trinajstić information content (AvgIpc) is 2.82. The first-order valence-corrected chi connectivity index (χ1v) is 10.2. The van der Waals surface area contributed by atoms with Gasteiger partial charge in [0.25, 0.3) is 5.91 Å². The molecule has 4 nitrogen and oxygen atoms in total. The van der Waals surface area contributed by atoms with Crippen molar-refractivity contribution < 1.29 is 4.79 Å². The third-order valence-corrected chi connectivity index (χ3v) is 6.60. The van der Waals surface area contributed by atoms with Gasteiger partial charge in [-0.25, -0.2) is 4.98 Å². The fraction of sp³-hybridized carbons (Fsp3) is 0.444. The number of thiazole rings is 1. The van der Waals surface area contributed by atoms with Gasteiger partial charge < -0.3 is 4.90 Å². The van der Waals surface area contributed by atoms with Crippen molar-refractivity contribution in [2.45, 2.75) is 26.8 Å². The molecule has 24 heavy (non-hydrogen) atoms. The Bertz CT molecular complexity index is 731. The quantitative estimate of drug-likeness (QED) is 0.663. The number of carbonyl (C=O) groups excluding carboxylic acids is 1. The molecule has 2 aromatic rings. The maximum Gasteiger partial charge on any atom is 0.254 e. The summed E-state index contributed by atoms with van der Waals surface area (Å²) in [6.07, 6.45) is 1.01. The van der Waals surface area contributed by atoms with Crippen LogP contribution < -0.4 is 0 Å². The first-order valence-electron chi connectivity index (χ1n) is 8.22. The van der Waals surface area contributed by atoms with E-state index in [2.05, 4.69) is 50.8 Å². The Labute approximate surface area is 161 Å². The lowest BCUT2D eigenvalue weighted by Gasteiger charge is -2.22. The molecule has 1 fully saturated rings. The van der Waals surface area contributed by atoms with Crippen molar-refractivity contribution in [2.24, 2.45) is 0 Å². The summed E-state index contributed by atoms with van der Waals surface area (Å²) >= 11 is 3.98. The number of hydrogen-bond acceptors (Lipinski definition) is 4. The van der Waals surface area contributed by atoms with Crippen LogP contribution in [0.3, 0.4) is 0 Å². The standard InChI is InChI=1S/C18H22IN3OS/c1-13-5-3-6-16(17(13)19)18(23)22-8-4-7-21(9-10-22)11-15-12-24-14(2)20-15/h3,5-6,12H,4,7-11H2,1-2H3. The number of carbonyl (C=O) groups is 1. The molecule has 1 saturated heterocycles. The fourth-order valence-corrected chi connectivity index (χ4v) is 4.22. The lowest BCUT2D eigenvalue weighted by atomic mass is 10.1. The van der Waals surface area contributed by atoms with Gasteiger partial charge in [0.2, 0.25) is 0 Å². The molecule has 3 rings (SSSR count). The Morgan fingerprint density at radius 1 is 1.25 bits per heavy atom. The zero-order valence-electron chi connectivity index (χ0n) is 14.1. The molecule has 0 bridgehead atoms. The smallest absolute Gasteiger partial charge is 0.254 e. The van der Waals surface area contributed by atoms with Gasteiger partial charge in [-0.15, -0.1) is 11.3 Å². The highest BCUT2D eigenvalue weighted by Gasteiger charge is 2.22. The van der Waals surface area contributed by atoms with Crippen LogP contribution in [0.25, 0.3) is 0 Å². The maximum absolute atomic E-state index is 12.9. The number of halogens is 1. The number of rotatable bonds is 3. The minimum Gasteiger partial charge on any atom is -0.337 e. The average molecular weight is 455 g/mol. The number of aromatic nitrogens is 1. The van der Waals surface area contributed by atoms with Crippen LogP contribution in [0.15, 0.2) is 23.6 Å². The van der Waals surface area contributed by atoms with Gasteiger partial charge in [0.05, 0.1) is 16.3 Å². The molecular weight excluding hydrogens is 433 g/mol. The molecule has 1 amide bonds. The van der Waals surface area contributed by atoms with Crippen LogP contribution in [-0.2, 0) is 6.54 Å². The largest absolute Gasteiger partial charge is 0.337 e. The van der Waals surface area contributed by atoms with Crippen molar-refractivity contribution in [3.8, 4) is 0 Å². The predicted octanol–water partition coefficient (Wildman–Crippen LogP) is 3.71. The molecule has 128 valence electrons. The predicted molar refractivity (Wildman–Crippen MR) is 107 cm³/mol. The van der Waals surface area contributed by atoms with Crippen LogP contribution in [0.2, 0.25) is 0 Å². The van der Waals surface area contributed by atoms with Crippen LogP contribution >= 0.6 is 33.9 Å². The van der Waals surface area contributed by atoms with E-state index in [0.29, 0.717) is 0 Å². The molecular formula is C18H22IN3OS. The van der Waals surface area contributed by atoms with Gasteiger partial charge in [-0.3, -0.25) is 9.69 Å². The van der Waals surface area contributed by atoms with Crippen LogP contribution in [0, 0.1) is 17.4 Å². The Morgan fingerprint density at radius 3 is 2.83 bits per heavy atom. The molecule has 1 aromatic carbocycles. The van der Waals surface area contributed by atoms with E-state index in [1.807, 2.05) is 24.0 Å². The summed E-state index contributed by atoms with van der Waals surface area (Å²) in [5, 5.41) is 3.25. The van der Waals surface area contributed by atoms with Gasteiger partial charge in [-0.1, -0.05) is 12.1 Å². The summed E-state index contributed by atoms with van der Waals surface area (Å²) < 4.78 is 1.07. The molecule has 1 aromatic heterocycles. The Morgan fingerprint density at radius 2 is 2.08 bits per heavy atom. The third kappa shape index (κ3) is 4.15. The Hall–Kier alpha value is -0.990. The zero-order valence-corrected chi connectivity index (χ0v) is 17.1. The molecule has 0 aliphatic carbocycles. The third-order valence-electron chi connectivity index (χ3n) is 4.35. The lowest BCUT2D eigenvalue weighted by Crippen LogP contribution is -2.35. The molecule has 0 unspecified atom stereocenters. The second-order valence-electron chi connectivity index (χ2n) is 6.22. The molecule has 1 aliphatic heterocycles. The van der Waals surface area contributed by atoms with E-state index in [9.17, 15) is 4.79 Å². The number of amides is 1. The van der Waals surface area contributed by atoms with Crippen molar-refractivity contribution >= 4 is 39.8 Å². The van der Waals surface area contributed by atoms with E-state index in [0.717, 1.165) is 64.5 Å². The van der Waals surface area contributed by atoms with Crippen LogP contribution in [0.1, 0.15) is 33.0 Å². The van der Waals surface area contributed by atoms with Gasteiger partial charge >= 0.3 is 0 Å². The van der Waals surface area contributed by atoms with E-state index < -0.39 is 0 Å². The number of nitrogens with zero attached hydrogens (tertiary/aromatic N) is 3. The summed E-state index contributed by atoms with van der Waals surface area (Å²) in [6, 6.07) is 5.97. The fourth-order valence-electron chi connectivity index (χ4n) is 3.03. The number of aryl methyl sites for hydroxylation is 2. The Balaban J connectivity index is 1.64.